The SMILES string of the molecule is C[C@H](Nc1cc(C(F)(F)F)c(-c2sc(C(=O)N3CC4(C3)CS(=O)(=O)C4)nc2C(=O)N2CCCC[C@@H]2C)cn1)C(F)(F)F. The van der Waals surface area contributed by atoms with Crippen LogP contribution in [-0.4, -0.2) is 89.4 Å². The fraction of sp³-hybridized carbons (Fsp3) is 0.600. The number of hydrogen-bond donors (Lipinski definition) is 1. The average Bonchev–Trinajstić information content (AvgIpc) is 3.29. The standard InChI is InChI=1S/C25H27F6N5O4S2/c1-13-5-3-4-6-36(13)21(37)18-19(41-20(34-18)22(38)35-9-23(10-35)11-42(39,40)12-23)15-8-32-17(7-16(15)25(29,30)31)33-14(2)24(26,27)28/h7-8,13-14H,3-6,9-12H2,1-2H3,(H,32,33)/t13-,14-/m0/s1. The Kier molecular flexibility index (Phi) is 7.52. The van der Waals surface area contributed by atoms with E-state index in [9.17, 15) is 44.3 Å². The van der Waals surface area contributed by atoms with Gasteiger partial charge in [0, 0.05) is 42.9 Å². The van der Waals surface area contributed by atoms with Crippen molar-refractivity contribution in [2.75, 3.05) is 36.5 Å². The van der Waals surface area contributed by atoms with Crippen molar-refractivity contribution >= 4 is 38.8 Å². The fourth-order valence-corrected chi connectivity index (χ4v) is 8.84. The molecule has 2 atom stereocenters. The Labute approximate surface area is 241 Å². The Morgan fingerprint density at radius 3 is 2.36 bits per heavy atom. The molecule has 0 saturated carbocycles. The molecule has 230 valence electrons. The van der Waals surface area contributed by atoms with E-state index in [1.807, 2.05) is 5.32 Å². The molecular formula is C25H27F6N5O4S2. The van der Waals surface area contributed by atoms with Crippen LogP contribution in [-0.2, 0) is 16.0 Å². The molecule has 3 fully saturated rings. The second kappa shape index (κ2) is 10.3. The molecule has 2 aromatic heterocycles. The van der Waals surface area contributed by atoms with Gasteiger partial charge in [0.15, 0.2) is 14.8 Å². The van der Waals surface area contributed by atoms with Crippen LogP contribution in [0.2, 0.25) is 0 Å². The quantitative estimate of drug-likeness (QED) is 0.481. The maximum atomic E-state index is 14.3. The molecule has 5 heterocycles. The normalized spacial score (nSPS) is 22.3. The van der Waals surface area contributed by atoms with Crippen LogP contribution < -0.4 is 5.32 Å². The number of alkyl halides is 6. The van der Waals surface area contributed by atoms with Gasteiger partial charge in [-0.2, -0.15) is 26.3 Å². The zero-order chi connectivity index (χ0) is 30.8. The van der Waals surface area contributed by atoms with Crippen molar-refractivity contribution < 1.29 is 44.3 Å². The van der Waals surface area contributed by atoms with Crippen LogP contribution in [0.3, 0.4) is 0 Å². The van der Waals surface area contributed by atoms with Gasteiger partial charge in [-0.1, -0.05) is 0 Å². The number of likely N-dealkylation sites (tertiary alicyclic amines) is 2. The number of amides is 2. The predicted octanol–water partition coefficient (Wildman–Crippen LogP) is 4.47. The number of nitrogens with zero attached hydrogens (tertiary/aromatic N) is 4. The molecule has 9 nitrogen and oxygen atoms in total. The number of carbonyl (C=O) groups excluding carboxylic acids is 2. The minimum Gasteiger partial charge on any atom is -0.359 e. The van der Waals surface area contributed by atoms with Crippen LogP contribution in [0.4, 0.5) is 32.2 Å². The van der Waals surface area contributed by atoms with Crippen molar-refractivity contribution in [3.8, 4) is 10.4 Å². The molecule has 1 N–H and O–H groups in total. The molecule has 17 heteroatoms. The van der Waals surface area contributed by atoms with E-state index in [0.717, 1.165) is 19.5 Å². The summed E-state index contributed by atoms with van der Waals surface area (Å²) in [6.07, 6.45) is -6.86. The van der Waals surface area contributed by atoms with Crippen LogP contribution >= 0.6 is 11.3 Å². The molecule has 3 aliphatic heterocycles. The van der Waals surface area contributed by atoms with Gasteiger partial charge >= 0.3 is 12.4 Å². The Balaban J connectivity index is 1.53. The van der Waals surface area contributed by atoms with Gasteiger partial charge in [-0.3, -0.25) is 9.59 Å². The summed E-state index contributed by atoms with van der Waals surface area (Å²) in [5.41, 5.74) is -2.86. The van der Waals surface area contributed by atoms with Crippen molar-refractivity contribution in [3.05, 3.63) is 28.5 Å². The van der Waals surface area contributed by atoms with Crippen LogP contribution in [0.5, 0.6) is 0 Å². The highest BCUT2D eigenvalue weighted by Gasteiger charge is 2.57. The minimum atomic E-state index is -5.05. The van der Waals surface area contributed by atoms with Crippen molar-refractivity contribution in [1.29, 1.82) is 0 Å². The van der Waals surface area contributed by atoms with E-state index >= 15 is 0 Å². The lowest BCUT2D eigenvalue weighted by molar-refractivity contribution is -0.138. The van der Waals surface area contributed by atoms with E-state index in [0.29, 0.717) is 36.8 Å². The molecular weight excluding hydrogens is 612 g/mol. The Hall–Kier alpha value is -2.95. The topological polar surface area (TPSA) is 113 Å². The van der Waals surface area contributed by atoms with Crippen LogP contribution in [0.25, 0.3) is 10.4 Å². The zero-order valence-electron chi connectivity index (χ0n) is 22.5. The van der Waals surface area contributed by atoms with Gasteiger partial charge in [-0.15, -0.1) is 11.3 Å². The molecule has 42 heavy (non-hydrogen) atoms. The lowest BCUT2D eigenvalue weighted by Gasteiger charge is -2.54. The van der Waals surface area contributed by atoms with Crippen LogP contribution in [0.1, 0.15) is 59.0 Å². The highest BCUT2D eigenvalue weighted by atomic mass is 32.2. The molecule has 0 radical (unpaired) electrons. The first-order chi connectivity index (χ1) is 19.4. The monoisotopic (exact) mass is 639 g/mol. The highest BCUT2D eigenvalue weighted by molar-refractivity contribution is 7.92. The van der Waals surface area contributed by atoms with Gasteiger partial charge in [0.25, 0.3) is 11.8 Å². The van der Waals surface area contributed by atoms with E-state index < -0.39 is 62.4 Å². The molecule has 3 saturated heterocycles. The number of pyridine rings is 1. The molecule has 2 amide bonds. The van der Waals surface area contributed by atoms with Crippen LogP contribution in [0, 0.1) is 5.41 Å². The number of anilines is 1. The van der Waals surface area contributed by atoms with Gasteiger partial charge in [0.05, 0.1) is 21.9 Å². The van der Waals surface area contributed by atoms with Crippen LogP contribution in [0.15, 0.2) is 12.3 Å². The second-order valence-electron chi connectivity index (χ2n) is 11.3. The largest absolute Gasteiger partial charge is 0.417 e. The summed E-state index contributed by atoms with van der Waals surface area (Å²) in [7, 11) is -3.15. The van der Waals surface area contributed by atoms with E-state index in [-0.39, 0.29) is 46.2 Å². The fourth-order valence-electron chi connectivity index (χ4n) is 5.64. The third-order valence-electron chi connectivity index (χ3n) is 7.78. The number of aromatic nitrogens is 2. The summed E-state index contributed by atoms with van der Waals surface area (Å²) in [6.45, 7) is 3.15. The number of hydrogen-bond acceptors (Lipinski definition) is 8. The number of sulfone groups is 1. The number of halogens is 6. The first-order valence-corrected chi connectivity index (χ1v) is 15.8. The number of nitrogens with one attached hydrogen (secondary N) is 1. The van der Waals surface area contributed by atoms with Gasteiger partial charge in [0.2, 0.25) is 0 Å². The summed E-state index contributed by atoms with van der Waals surface area (Å²) >= 11 is 0.563. The molecule has 5 rings (SSSR count). The maximum absolute atomic E-state index is 14.3. The summed E-state index contributed by atoms with van der Waals surface area (Å²) in [5, 5.41) is 1.67. The Morgan fingerprint density at radius 1 is 1.12 bits per heavy atom. The van der Waals surface area contributed by atoms with Gasteiger partial charge in [-0.05, 0) is 39.2 Å². The smallest absolute Gasteiger partial charge is 0.359 e. The molecule has 0 unspecified atom stereocenters. The van der Waals surface area contributed by atoms with Crippen molar-refractivity contribution in [2.24, 2.45) is 5.41 Å². The van der Waals surface area contributed by atoms with Crippen molar-refractivity contribution in [2.45, 2.75) is 57.5 Å². The lowest BCUT2D eigenvalue weighted by atomic mass is 9.83. The maximum Gasteiger partial charge on any atom is 0.417 e. The van der Waals surface area contributed by atoms with Gasteiger partial charge in [-0.25, -0.2) is 18.4 Å². The number of thiazole rings is 1. The lowest BCUT2D eigenvalue weighted by Crippen LogP contribution is -2.69. The molecule has 0 aliphatic carbocycles. The van der Waals surface area contributed by atoms with E-state index in [2.05, 4.69) is 9.97 Å². The third kappa shape index (κ3) is 5.81. The number of piperidine rings is 1. The van der Waals surface area contributed by atoms with E-state index in [4.69, 9.17) is 0 Å². The first-order valence-electron chi connectivity index (χ1n) is 13.1. The first kappa shape index (κ1) is 30.5. The molecule has 2 aromatic rings. The molecule has 3 aliphatic rings. The predicted molar refractivity (Wildman–Crippen MR) is 141 cm³/mol. The summed E-state index contributed by atoms with van der Waals surface area (Å²) < 4.78 is 105. The zero-order valence-corrected chi connectivity index (χ0v) is 24.1. The summed E-state index contributed by atoms with van der Waals surface area (Å²) in [4.78, 5) is 37.4. The molecule has 0 aromatic carbocycles. The van der Waals surface area contributed by atoms with E-state index in [1.54, 1.807) is 6.92 Å². The van der Waals surface area contributed by atoms with Crippen molar-refractivity contribution in [1.82, 2.24) is 19.8 Å². The van der Waals surface area contributed by atoms with Gasteiger partial charge in [0.1, 0.15) is 17.6 Å². The van der Waals surface area contributed by atoms with Gasteiger partial charge < -0.3 is 15.1 Å². The Bertz CT molecular complexity index is 1500. The molecule has 0 bridgehead atoms. The average molecular weight is 640 g/mol. The van der Waals surface area contributed by atoms with Crippen molar-refractivity contribution in [3.63, 3.8) is 0 Å². The van der Waals surface area contributed by atoms with E-state index in [1.165, 1.54) is 9.80 Å². The minimum absolute atomic E-state index is 0.0581. The highest BCUT2D eigenvalue weighted by Crippen LogP contribution is 2.45. The number of rotatable bonds is 5. The second-order valence-corrected chi connectivity index (χ2v) is 14.3. The Morgan fingerprint density at radius 2 is 1.79 bits per heavy atom. The summed E-state index contributed by atoms with van der Waals surface area (Å²) in [6, 6.07) is -1.98. The number of carbonyl (C=O) groups is 2. The molecule has 1 spiro atoms. The third-order valence-corrected chi connectivity index (χ3v) is 11.0. The summed E-state index contributed by atoms with van der Waals surface area (Å²) in [5.74, 6) is -2.11.